The fourth-order valence-electron chi connectivity index (χ4n) is 3.77. The number of nitrogens with one attached hydrogen (secondary N) is 2. The van der Waals surface area contributed by atoms with Crippen molar-refractivity contribution in [2.75, 3.05) is 11.1 Å². The number of aromatic nitrogens is 4. The maximum absolute atomic E-state index is 12.5. The lowest BCUT2D eigenvalue weighted by Crippen LogP contribution is -2.19. The number of nitrogens with two attached hydrogens (primary N) is 1. The van der Waals surface area contributed by atoms with Gasteiger partial charge >= 0.3 is 0 Å². The lowest BCUT2D eigenvalue weighted by atomic mass is 9.95. The van der Waals surface area contributed by atoms with Gasteiger partial charge in [-0.2, -0.15) is 0 Å². The fraction of sp³-hybridized carbons (Fsp3) is 0.250. The van der Waals surface area contributed by atoms with Crippen LogP contribution in [0.5, 0.6) is 0 Å². The summed E-state index contributed by atoms with van der Waals surface area (Å²) in [4.78, 5) is 33.3. The van der Waals surface area contributed by atoms with E-state index in [9.17, 15) is 9.59 Å². The molecule has 8 nitrogen and oxygen atoms in total. The van der Waals surface area contributed by atoms with Gasteiger partial charge in [-0.3, -0.25) is 9.59 Å². The Morgan fingerprint density at radius 2 is 2.03 bits per heavy atom. The summed E-state index contributed by atoms with van der Waals surface area (Å²) in [7, 11) is 0. The molecular formula is C20H18N6O2S2. The third-order valence-electron chi connectivity index (χ3n) is 5.11. The molecule has 0 spiro atoms. The van der Waals surface area contributed by atoms with Crippen molar-refractivity contribution in [3.63, 3.8) is 0 Å². The second-order valence-electron chi connectivity index (χ2n) is 7.08. The number of carbonyl (C=O) groups excluding carboxylic acids is 2. The summed E-state index contributed by atoms with van der Waals surface area (Å²) in [5, 5.41) is 13.2. The van der Waals surface area contributed by atoms with Crippen LogP contribution >= 0.6 is 23.1 Å². The van der Waals surface area contributed by atoms with Crippen molar-refractivity contribution in [2.45, 2.75) is 30.8 Å². The van der Waals surface area contributed by atoms with Gasteiger partial charge in [0.15, 0.2) is 5.65 Å². The van der Waals surface area contributed by atoms with E-state index in [4.69, 9.17) is 5.73 Å². The number of fused-ring (bicyclic) bond motifs is 4. The highest BCUT2D eigenvalue weighted by Crippen LogP contribution is 2.38. The number of thiophene rings is 1. The summed E-state index contributed by atoms with van der Waals surface area (Å²) >= 11 is 2.65. The molecule has 1 aromatic carbocycles. The Labute approximate surface area is 179 Å². The second-order valence-corrected chi connectivity index (χ2v) is 9.13. The molecule has 30 heavy (non-hydrogen) atoms. The number of aromatic amines is 1. The minimum atomic E-state index is -0.492. The largest absolute Gasteiger partial charge is 0.365 e. The Balaban J connectivity index is 1.31. The maximum Gasteiger partial charge on any atom is 0.251 e. The van der Waals surface area contributed by atoms with E-state index < -0.39 is 5.91 Å². The monoisotopic (exact) mass is 438 g/mol. The Bertz CT molecular complexity index is 1300. The number of thioether (sulfide) groups is 1. The highest BCUT2D eigenvalue weighted by molar-refractivity contribution is 7.99. The number of para-hydroxylation sites is 1. The Morgan fingerprint density at radius 3 is 2.90 bits per heavy atom. The molecule has 5 rings (SSSR count). The van der Waals surface area contributed by atoms with Crippen molar-refractivity contribution in [3.8, 4) is 0 Å². The number of anilines is 1. The molecule has 0 bridgehead atoms. The SMILES string of the molecule is NC(=O)c1c(NC(=O)CSc2nnc3c(n2)[nH]c2ccccc23)sc2c1CCCC2. The minimum Gasteiger partial charge on any atom is -0.365 e. The quantitative estimate of drug-likeness (QED) is 0.411. The first kappa shape index (κ1) is 19.0. The Hall–Kier alpha value is -2.98. The van der Waals surface area contributed by atoms with E-state index >= 15 is 0 Å². The number of nitrogens with zero attached hydrogens (tertiary/aromatic N) is 3. The molecule has 2 amide bonds. The molecule has 1 aliphatic rings. The second kappa shape index (κ2) is 7.69. The average Bonchev–Trinajstić information content (AvgIpc) is 3.29. The zero-order valence-corrected chi connectivity index (χ0v) is 17.5. The number of aryl methyl sites for hydroxylation is 1. The summed E-state index contributed by atoms with van der Waals surface area (Å²) in [6.45, 7) is 0. The van der Waals surface area contributed by atoms with Gasteiger partial charge in [0.2, 0.25) is 11.1 Å². The van der Waals surface area contributed by atoms with Gasteiger partial charge < -0.3 is 16.0 Å². The van der Waals surface area contributed by atoms with E-state index in [1.54, 1.807) is 0 Å². The van der Waals surface area contributed by atoms with Crippen LogP contribution in [0.25, 0.3) is 22.1 Å². The predicted molar refractivity (Wildman–Crippen MR) is 118 cm³/mol. The number of hydrogen-bond donors (Lipinski definition) is 3. The van der Waals surface area contributed by atoms with Crippen LogP contribution in [0.15, 0.2) is 29.4 Å². The molecule has 0 saturated carbocycles. The number of H-pyrrole nitrogens is 1. The maximum atomic E-state index is 12.5. The number of hydrogen-bond acceptors (Lipinski definition) is 7. The Kier molecular flexibility index (Phi) is 4.87. The highest BCUT2D eigenvalue weighted by Gasteiger charge is 2.25. The molecule has 0 atom stereocenters. The van der Waals surface area contributed by atoms with Gasteiger partial charge in [0.1, 0.15) is 10.5 Å². The van der Waals surface area contributed by atoms with Crippen LogP contribution in [0.1, 0.15) is 33.6 Å². The third-order valence-corrected chi connectivity index (χ3v) is 7.15. The van der Waals surface area contributed by atoms with Crippen molar-refractivity contribution in [3.05, 3.63) is 40.3 Å². The summed E-state index contributed by atoms with van der Waals surface area (Å²) in [5.74, 6) is -0.621. The summed E-state index contributed by atoms with van der Waals surface area (Å²) in [5.41, 5.74) is 9.33. The normalized spacial score (nSPS) is 13.5. The van der Waals surface area contributed by atoms with Crippen molar-refractivity contribution in [2.24, 2.45) is 5.73 Å². The molecule has 4 aromatic rings. The van der Waals surface area contributed by atoms with E-state index in [1.165, 1.54) is 23.1 Å². The molecule has 152 valence electrons. The molecule has 10 heteroatoms. The van der Waals surface area contributed by atoms with Crippen LogP contribution in [-0.2, 0) is 17.6 Å². The van der Waals surface area contributed by atoms with Crippen molar-refractivity contribution < 1.29 is 9.59 Å². The van der Waals surface area contributed by atoms with Crippen LogP contribution in [0.3, 0.4) is 0 Å². The van der Waals surface area contributed by atoms with Gasteiger partial charge in [-0.05, 0) is 37.3 Å². The molecule has 0 fully saturated rings. The van der Waals surface area contributed by atoms with E-state index in [-0.39, 0.29) is 11.7 Å². The zero-order valence-electron chi connectivity index (χ0n) is 15.9. The average molecular weight is 439 g/mol. The van der Waals surface area contributed by atoms with E-state index in [0.29, 0.717) is 26.9 Å². The smallest absolute Gasteiger partial charge is 0.251 e. The van der Waals surface area contributed by atoms with E-state index in [1.807, 2.05) is 24.3 Å². The lowest BCUT2D eigenvalue weighted by molar-refractivity contribution is -0.113. The summed E-state index contributed by atoms with van der Waals surface area (Å²) in [6.07, 6.45) is 3.89. The van der Waals surface area contributed by atoms with Gasteiger partial charge in [-0.25, -0.2) is 4.98 Å². The van der Waals surface area contributed by atoms with E-state index in [2.05, 4.69) is 25.5 Å². The summed E-state index contributed by atoms with van der Waals surface area (Å²) < 4.78 is 0. The minimum absolute atomic E-state index is 0.105. The molecule has 0 radical (unpaired) electrons. The van der Waals surface area contributed by atoms with Crippen LogP contribution in [-0.4, -0.2) is 37.7 Å². The predicted octanol–water partition coefficient (Wildman–Crippen LogP) is 3.28. The molecule has 3 aromatic heterocycles. The first-order valence-electron chi connectivity index (χ1n) is 9.58. The number of amides is 2. The van der Waals surface area contributed by atoms with Gasteiger partial charge in [-0.15, -0.1) is 21.5 Å². The number of primary amides is 1. The Morgan fingerprint density at radius 1 is 1.20 bits per heavy atom. The standard InChI is InChI=1S/C20H18N6O2S2/c21-17(28)15-11-6-2-4-8-13(11)30-19(15)23-14(27)9-29-20-24-18-16(25-26-20)10-5-1-3-7-12(10)22-18/h1,3,5,7H,2,4,6,8-9H2,(H2,21,28)(H,23,27)(H,22,24,26). The van der Waals surface area contributed by atoms with Crippen molar-refractivity contribution in [1.29, 1.82) is 0 Å². The van der Waals surface area contributed by atoms with E-state index in [0.717, 1.165) is 47.0 Å². The van der Waals surface area contributed by atoms with Gasteiger partial charge in [0, 0.05) is 15.8 Å². The molecule has 4 N–H and O–H groups in total. The third kappa shape index (κ3) is 3.41. The topological polar surface area (TPSA) is 127 Å². The number of rotatable bonds is 5. The molecule has 0 aliphatic heterocycles. The van der Waals surface area contributed by atoms with Gasteiger partial charge in [-0.1, -0.05) is 30.0 Å². The van der Waals surface area contributed by atoms with Crippen LogP contribution in [0.4, 0.5) is 5.00 Å². The first-order chi connectivity index (χ1) is 14.6. The lowest BCUT2D eigenvalue weighted by Gasteiger charge is -2.11. The van der Waals surface area contributed by atoms with Gasteiger partial charge in [0.05, 0.1) is 11.3 Å². The fourth-order valence-corrected chi connectivity index (χ4v) is 5.67. The number of carbonyl (C=O) groups is 2. The molecule has 1 aliphatic carbocycles. The summed E-state index contributed by atoms with van der Waals surface area (Å²) in [6, 6.07) is 7.79. The molecule has 0 saturated heterocycles. The molecular weight excluding hydrogens is 420 g/mol. The highest BCUT2D eigenvalue weighted by atomic mass is 32.2. The van der Waals surface area contributed by atoms with Crippen LogP contribution < -0.4 is 11.1 Å². The van der Waals surface area contributed by atoms with Crippen LogP contribution in [0.2, 0.25) is 0 Å². The first-order valence-corrected chi connectivity index (χ1v) is 11.4. The number of benzene rings is 1. The zero-order chi connectivity index (χ0) is 20.7. The molecule has 0 unspecified atom stereocenters. The van der Waals surface area contributed by atoms with Crippen molar-refractivity contribution >= 4 is 62.0 Å². The van der Waals surface area contributed by atoms with Gasteiger partial charge in [0.25, 0.3) is 5.91 Å². The molecule has 3 heterocycles. The van der Waals surface area contributed by atoms with Crippen molar-refractivity contribution in [1.82, 2.24) is 20.2 Å². The van der Waals surface area contributed by atoms with Crippen LogP contribution in [0, 0.1) is 0 Å².